The summed E-state index contributed by atoms with van der Waals surface area (Å²) in [6, 6.07) is -0.0499. The SMILES string of the molecule is CCC=C(C)C(=O)NCC(CC(C)C)NC(=O)C(C)=CCC. The van der Waals surface area contributed by atoms with E-state index in [1.54, 1.807) is 0 Å². The zero-order valence-electron chi connectivity index (χ0n) is 15.0. The lowest BCUT2D eigenvalue weighted by Gasteiger charge is -2.21. The van der Waals surface area contributed by atoms with E-state index < -0.39 is 0 Å². The Morgan fingerprint density at radius 1 is 0.955 bits per heavy atom. The topological polar surface area (TPSA) is 58.2 Å². The summed E-state index contributed by atoms with van der Waals surface area (Å²) in [5.74, 6) is 0.332. The van der Waals surface area contributed by atoms with Gasteiger partial charge < -0.3 is 10.6 Å². The Balaban J connectivity index is 4.66. The maximum Gasteiger partial charge on any atom is 0.246 e. The van der Waals surface area contributed by atoms with Gasteiger partial charge in [-0.15, -0.1) is 0 Å². The van der Waals surface area contributed by atoms with Crippen molar-refractivity contribution in [3.8, 4) is 0 Å². The number of carbonyl (C=O) groups excluding carboxylic acids is 2. The lowest BCUT2D eigenvalue weighted by molar-refractivity contribution is -0.120. The first-order valence-corrected chi connectivity index (χ1v) is 8.24. The molecule has 0 rings (SSSR count). The third kappa shape index (κ3) is 8.65. The maximum atomic E-state index is 12.1. The second-order valence-corrected chi connectivity index (χ2v) is 6.10. The third-order valence-corrected chi connectivity index (χ3v) is 3.34. The molecular formula is C18H32N2O2. The number of hydrogen-bond acceptors (Lipinski definition) is 2. The quantitative estimate of drug-likeness (QED) is 0.642. The summed E-state index contributed by atoms with van der Waals surface area (Å²) in [5.41, 5.74) is 1.45. The first-order chi connectivity index (χ1) is 10.3. The van der Waals surface area contributed by atoms with Gasteiger partial charge in [-0.25, -0.2) is 0 Å². The molecule has 0 radical (unpaired) electrons. The number of rotatable bonds is 9. The summed E-state index contributed by atoms with van der Waals surface area (Å²) in [5, 5.41) is 5.93. The first-order valence-electron chi connectivity index (χ1n) is 8.24. The van der Waals surface area contributed by atoms with E-state index >= 15 is 0 Å². The van der Waals surface area contributed by atoms with E-state index in [9.17, 15) is 9.59 Å². The van der Waals surface area contributed by atoms with E-state index in [4.69, 9.17) is 0 Å². The Kier molecular flexibility index (Phi) is 10.3. The molecule has 0 aliphatic rings. The van der Waals surface area contributed by atoms with Crippen molar-refractivity contribution in [2.24, 2.45) is 5.92 Å². The maximum absolute atomic E-state index is 12.1. The molecule has 0 spiro atoms. The van der Waals surface area contributed by atoms with Crippen molar-refractivity contribution in [2.45, 2.75) is 66.8 Å². The molecule has 2 amide bonds. The molecule has 0 aromatic heterocycles. The Morgan fingerprint density at radius 2 is 1.45 bits per heavy atom. The van der Waals surface area contributed by atoms with Crippen molar-refractivity contribution >= 4 is 11.8 Å². The Morgan fingerprint density at radius 3 is 1.91 bits per heavy atom. The standard InChI is InChI=1S/C18H32N2O2/c1-7-9-14(5)17(21)19-12-16(11-13(3)4)20-18(22)15(6)10-8-2/h9-10,13,16H,7-8,11-12H2,1-6H3,(H,19,21)(H,20,22). The first kappa shape index (κ1) is 20.4. The van der Waals surface area contributed by atoms with Crippen LogP contribution in [0.25, 0.3) is 0 Å². The molecular weight excluding hydrogens is 276 g/mol. The molecule has 0 aliphatic heterocycles. The summed E-state index contributed by atoms with van der Waals surface area (Å²) in [4.78, 5) is 24.0. The van der Waals surface area contributed by atoms with Crippen molar-refractivity contribution in [1.29, 1.82) is 0 Å². The van der Waals surface area contributed by atoms with Gasteiger partial charge in [-0.05, 0) is 39.0 Å². The summed E-state index contributed by atoms with van der Waals surface area (Å²) in [7, 11) is 0. The van der Waals surface area contributed by atoms with Crippen molar-refractivity contribution < 1.29 is 9.59 Å². The van der Waals surface area contributed by atoms with Gasteiger partial charge in [0.2, 0.25) is 11.8 Å². The smallest absolute Gasteiger partial charge is 0.246 e. The Hall–Kier alpha value is -1.58. The molecule has 0 heterocycles. The minimum atomic E-state index is -0.0642. The minimum absolute atomic E-state index is 0.0499. The van der Waals surface area contributed by atoms with Gasteiger partial charge in [-0.1, -0.05) is 39.8 Å². The summed E-state index contributed by atoms with van der Waals surface area (Å²) < 4.78 is 0. The van der Waals surface area contributed by atoms with Crippen LogP contribution in [0.4, 0.5) is 0 Å². The monoisotopic (exact) mass is 308 g/mol. The molecule has 0 aromatic carbocycles. The second kappa shape index (κ2) is 11.0. The Labute approximate surface area is 135 Å². The van der Waals surface area contributed by atoms with E-state index in [1.165, 1.54) is 0 Å². The average molecular weight is 308 g/mol. The van der Waals surface area contributed by atoms with Gasteiger partial charge in [-0.3, -0.25) is 9.59 Å². The van der Waals surface area contributed by atoms with Crippen LogP contribution in [0, 0.1) is 5.92 Å². The van der Waals surface area contributed by atoms with Crippen LogP contribution in [0.15, 0.2) is 23.3 Å². The average Bonchev–Trinajstić information content (AvgIpc) is 2.44. The fraction of sp³-hybridized carbons (Fsp3) is 0.667. The molecule has 1 atom stereocenters. The van der Waals surface area contributed by atoms with Gasteiger partial charge in [0.25, 0.3) is 0 Å². The van der Waals surface area contributed by atoms with Crippen molar-refractivity contribution in [1.82, 2.24) is 10.6 Å². The van der Waals surface area contributed by atoms with E-state index in [-0.39, 0.29) is 17.9 Å². The predicted octanol–water partition coefficient (Wildman–Crippen LogP) is 3.35. The number of carbonyl (C=O) groups is 2. The van der Waals surface area contributed by atoms with E-state index in [1.807, 2.05) is 39.8 Å². The zero-order valence-corrected chi connectivity index (χ0v) is 15.0. The van der Waals surface area contributed by atoms with Crippen LogP contribution < -0.4 is 10.6 Å². The molecule has 0 bridgehead atoms. The normalized spacial score (nSPS) is 14.0. The molecule has 0 aliphatic carbocycles. The third-order valence-electron chi connectivity index (χ3n) is 3.34. The van der Waals surface area contributed by atoms with Gasteiger partial charge in [-0.2, -0.15) is 0 Å². The van der Waals surface area contributed by atoms with Gasteiger partial charge in [0.05, 0.1) is 0 Å². The second-order valence-electron chi connectivity index (χ2n) is 6.10. The molecule has 126 valence electrons. The van der Waals surface area contributed by atoms with Crippen LogP contribution in [-0.4, -0.2) is 24.4 Å². The summed E-state index contributed by atoms with van der Waals surface area (Å²) in [6.07, 6.45) is 6.33. The van der Waals surface area contributed by atoms with E-state index in [0.29, 0.717) is 12.5 Å². The van der Waals surface area contributed by atoms with Crippen LogP contribution in [0.3, 0.4) is 0 Å². The highest BCUT2D eigenvalue weighted by molar-refractivity contribution is 5.93. The van der Waals surface area contributed by atoms with Crippen LogP contribution in [0.5, 0.6) is 0 Å². The fourth-order valence-corrected chi connectivity index (χ4v) is 2.21. The number of hydrogen-bond donors (Lipinski definition) is 2. The largest absolute Gasteiger partial charge is 0.350 e. The number of allylic oxidation sites excluding steroid dienone is 2. The molecule has 0 saturated carbocycles. The highest BCUT2D eigenvalue weighted by Gasteiger charge is 2.16. The van der Waals surface area contributed by atoms with E-state index in [0.717, 1.165) is 30.4 Å². The lowest BCUT2D eigenvalue weighted by atomic mass is 10.0. The van der Waals surface area contributed by atoms with Gasteiger partial charge in [0.1, 0.15) is 0 Å². The predicted molar refractivity (Wildman–Crippen MR) is 92.5 cm³/mol. The summed E-state index contributed by atoms with van der Waals surface area (Å²) in [6.45, 7) is 12.3. The molecule has 2 N–H and O–H groups in total. The molecule has 1 unspecified atom stereocenters. The number of nitrogens with one attached hydrogen (secondary N) is 2. The molecule has 0 saturated heterocycles. The zero-order chi connectivity index (χ0) is 17.1. The van der Waals surface area contributed by atoms with Crippen LogP contribution >= 0.6 is 0 Å². The van der Waals surface area contributed by atoms with Gasteiger partial charge in [0.15, 0.2) is 0 Å². The summed E-state index contributed by atoms with van der Waals surface area (Å²) >= 11 is 0. The van der Waals surface area contributed by atoms with Crippen LogP contribution in [0.2, 0.25) is 0 Å². The van der Waals surface area contributed by atoms with Gasteiger partial charge in [0, 0.05) is 23.7 Å². The van der Waals surface area contributed by atoms with Crippen LogP contribution in [-0.2, 0) is 9.59 Å². The minimum Gasteiger partial charge on any atom is -0.350 e. The molecule has 4 heteroatoms. The molecule has 0 fully saturated rings. The highest BCUT2D eigenvalue weighted by atomic mass is 16.2. The van der Waals surface area contributed by atoms with Crippen LogP contribution in [0.1, 0.15) is 60.8 Å². The van der Waals surface area contributed by atoms with E-state index in [2.05, 4.69) is 24.5 Å². The van der Waals surface area contributed by atoms with Crippen molar-refractivity contribution in [3.63, 3.8) is 0 Å². The number of amides is 2. The van der Waals surface area contributed by atoms with Crippen molar-refractivity contribution in [3.05, 3.63) is 23.3 Å². The lowest BCUT2D eigenvalue weighted by Crippen LogP contribution is -2.44. The molecule has 4 nitrogen and oxygen atoms in total. The highest BCUT2D eigenvalue weighted by Crippen LogP contribution is 2.06. The van der Waals surface area contributed by atoms with Crippen molar-refractivity contribution in [2.75, 3.05) is 6.54 Å². The molecule has 0 aromatic rings. The van der Waals surface area contributed by atoms with Gasteiger partial charge >= 0.3 is 0 Å². The Bertz CT molecular complexity index is 423. The molecule has 22 heavy (non-hydrogen) atoms. The fourth-order valence-electron chi connectivity index (χ4n) is 2.21.